The SMILES string of the molecule is CNc1nccc(N(C)C(C)CSC)n1. The average Bonchev–Trinajstić information content (AvgIpc) is 2.28. The van der Waals surface area contributed by atoms with Gasteiger partial charge in [-0.15, -0.1) is 0 Å². The Labute approximate surface area is 95.5 Å². The molecule has 0 saturated carbocycles. The predicted octanol–water partition coefficient (Wildman–Crippen LogP) is 1.71. The van der Waals surface area contributed by atoms with E-state index in [2.05, 4.69) is 40.4 Å². The Morgan fingerprint density at radius 2 is 2.33 bits per heavy atom. The molecule has 0 saturated heterocycles. The second-order valence-corrected chi connectivity index (χ2v) is 4.31. The average molecular weight is 226 g/mol. The van der Waals surface area contributed by atoms with Gasteiger partial charge in [-0.25, -0.2) is 4.98 Å². The standard InChI is InChI=1S/C10H18N4S/c1-8(7-15-4)14(3)9-5-6-12-10(11-2)13-9/h5-6,8H,7H2,1-4H3,(H,11,12,13). The quantitative estimate of drug-likeness (QED) is 0.827. The van der Waals surface area contributed by atoms with Crippen LogP contribution in [0.1, 0.15) is 6.92 Å². The first-order valence-corrected chi connectivity index (χ1v) is 6.31. The summed E-state index contributed by atoms with van der Waals surface area (Å²) in [6, 6.07) is 2.40. The summed E-state index contributed by atoms with van der Waals surface area (Å²) in [5.74, 6) is 2.71. The minimum absolute atomic E-state index is 0.472. The number of aromatic nitrogens is 2. The highest BCUT2D eigenvalue weighted by atomic mass is 32.2. The molecule has 0 aromatic carbocycles. The third kappa shape index (κ3) is 3.27. The fourth-order valence-corrected chi connectivity index (χ4v) is 1.95. The monoisotopic (exact) mass is 226 g/mol. The molecule has 1 aromatic heterocycles. The van der Waals surface area contributed by atoms with Crippen LogP contribution in [0.4, 0.5) is 11.8 Å². The van der Waals surface area contributed by atoms with Crippen molar-refractivity contribution >= 4 is 23.5 Å². The largest absolute Gasteiger partial charge is 0.357 e. The Hall–Kier alpha value is -0.970. The smallest absolute Gasteiger partial charge is 0.224 e. The second kappa shape index (κ2) is 5.80. The Morgan fingerprint density at radius 1 is 1.60 bits per heavy atom. The third-order valence-electron chi connectivity index (χ3n) is 2.29. The van der Waals surface area contributed by atoms with Crippen LogP contribution in [0.5, 0.6) is 0 Å². The third-order valence-corrected chi connectivity index (χ3v) is 3.11. The van der Waals surface area contributed by atoms with Crippen LogP contribution in [0.2, 0.25) is 0 Å². The lowest BCUT2D eigenvalue weighted by molar-refractivity contribution is 0.752. The van der Waals surface area contributed by atoms with Crippen LogP contribution in [0.25, 0.3) is 0 Å². The second-order valence-electron chi connectivity index (χ2n) is 3.40. The summed E-state index contributed by atoms with van der Waals surface area (Å²) in [6.45, 7) is 2.19. The van der Waals surface area contributed by atoms with Gasteiger partial charge in [-0.05, 0) is 19.2 Å². The van der Waals surface area contributed by atoms with Crippen molar-refractivity contribution in [2.24, 2.45) is 0 Å². The van der Waals surface area contributed by atoms with Crippen LogP contribution in [-0.4, -0.2) is 42.1 Å². The van der Waals surface area contributed by atoms with Crippen LogP contribution in [0.3, 0.4) is 0 Å². The lowest BCUT2D eigenvalue weighted by Gasteiger charge is -2.25. The van der Waals surface area contributed by atoms with E-state index in [1.54, 1.807) is 6.20 Å². The molecule has 1 aromatic rings. The molecule has 0 bridgehead atoms. The molecule has 1 atom stereocenters. The Kier molecular flexibility index (Phi) is 4.68. The summed E-state index contributed by atoms with van der Waals surface area (Å²) in [7, 11) is 3.88. The van der Waals surface area contributed by atoms with Crippen LogP contribution >= 0.6 is 11.8 Å². The number of thioether (sulfide) groups is 1. The molecule has 1 unspecified atom stereocenters. The Bertz CT molecular complexity index is 305. The fourth-order valence-electron chi connectivity index (χ4n) is 1.24. The first-order valence-electron chi connectivity index (χ1n) is 4.91. The zero-order valence-electron chi connectivity index (χ0n) is 9.69. The van der Waals surface area contributed by atoms with Gasteiger partial charge in [0.1, 0.15) is 5.82 Å². The van der Waals surface area contributed by atoms with E-state index >= 15 is 0 Å². The number of anilines is 2. The normalized spacial score (nSPS) is 12.3. The molecular weight excluding hydrogens is 208 g/mol. The molecule has 1 rings (SSSR count). The van der Waals surface area contributed by atoms with Gasteiger partial charge in [0, 0.05) is 32.1 Å². The fraction of sp³-hybridized carbons (Fsp3) is 0.600. The van der Waals surface area contributed by atoms with E-state index in [9.17, 15) is 0 Å². The zero-order valence-corrected chi connectivity index (χ0v) is 10.5. The van der Waals surface area contributed by atoms with Gasteiger partial charge in [0.2, 0.25) is 5.95 Å². The molecule has 0 aliphatic heterocycles. The minimum Gasteiger partial charge on any atom is -0.357 e. The molecule has 0 amide bonds. The van der Waals surface area contributed by atoms with Crippen molar-refractivity contribution in [1.29, 1.82) is 0 Å². The first-order chi connectivity index (χ1) is 7.19. The van der Waals surface area contributed by atoms with Crippen molar-refractivity contribution < 1.29 is 0 Å². The minimum atomic E-state index is 0.472. The highest BCUT2D eigenvalue weighted by Gasteiger charge is 2.10. The van der Waals surface area contributed by atoms with Crippen LogP contribution in [0, 0.1) is 0 Å². The molecule has 15 heavy (non-hydrogen) atoms. The van der Waals surface area contributed by atoms with Crippen molar-refractivity contribution in [2.75, 3.05) is 36.3 Å². The first kappa shape index (κ1) is 12.1. The summed E-state index contributed by atoms with van der Waals surface area (Å²) >= 11 is 1.84. The van der Waals surface area contributed by atoms with Crippen molar-refractivity contribution in [3.05, 3.63) is 12.3 Å². The highest BCUT2D eigenvalue weighted by Crippen LogP contribution is 2.14. The molecule has 0 aliphatic carbocycles. The van der Waals surface area contributed by atoms with E-state index < -0.39 is 0 Å². The number of hydrogen-bond acceptors (Lipinski definition) is 5. The van der Waals surface area contributed by atoms with E-state index in [1.807, 2.05) is 24.9 Å². The van der Waals surface area contributed by atoms with E-state index in [1.165, 1.54) is 0 Å². The van der Waals surface area contributed by atoms with Gasteiger partial charge in [0.05, 0.1) is 0 Å². The summed E-state index contributed by atoms with van der Waals surface area (Å²) in [5.41, 5.74) is 0. The van der Waals surface area contributed by atoms with Gasteiger partial charge in [-0.3, -0.25) is 0 Å². The summed E-state index contributed by atoms with van der Waals surface area (Å²) in [5, 5.41) is 2.94. The van der Waals surface area contributed by atoms with Gasteiger partial charge in [-0.2, -0.15) is 16.7 Å². The predicted molar refractivity (Wildman–Crippen MR) is 67.8 cm³/mol. The van der Waals surface area contributed by atoms with E-state index in [0.29, 0.717) is 12.0 Å². The lowest BCUT2D eigenvalue weighted by Crippen LogP contribution is -2.31. The van der Waals surface area contributed by atoms with Crippen molar-refractivity contribution in [3.8, 4) is 0 Å². The molecule has 0 spiro atoms. The number of rotatable bonds is 5. The lowest BCUT2D eigenvalue weighted by atomic mass is 10.3. The van der Waals surface area contributed by atoms with Gasteiger partial charge in [-0.1, -0.05) is 0 Å². The molecule has 1 heterocycles. The van der Waals surface area contributed by atoms with E-state index in [4.69, 9.17) is 0 Å². The Morgan fingerprint density at radius 3 is 2.93 bits per heavy atom. The van der Waals surface area contributed by atoms with E-state index in [0.717, 1.165) is 11.6 Å². The maximum Gasteiger partial charge on any atom is 0.224 e. The van der Waals surface area contributed by atoms with Crippen LogP contribution in [-0.2, 0) is 0 Å². The van der Waals surface area contributed by atoms with Gasteiger partial charge in [0.15, 0.2) is 0 Å². The van der Waals surface area contributed by atoms with Gasteiger partial charge in [0.25, 0.3) is 0 Å². The molecule has 0 fully saturated rings. The molecule has 5 heteroatoms. The molecule has 84 valence electrons. The van der Waals surface area contributed by atoms with Crippen molar-refractivity contribution in [2.45, 2.75) is 13.0 Å². The number of nitrogens with zero attached hydrogens (tertiary/aromatic N) is 3. The van der Waals surface area contributed by atoms with Gasteiger partial charge < -0.3 is 10.2 Å². The van der Waals surface area contributed by atoms with Crippen molar-refractivity contribution in [3.63, 3.8) is 0 Å². The molecule has 0 radical (unpaired) electrons. The van der Waals surface area contributed by atoms with Crippen LogP contribution in [0.15, 0.2) is 12.3 Å². The summed E-state index contributed by atoms with van der Waals surface area (Å²) in [4.78, 5) is 10.6. The molecule has 1 N–H and O–H groups in total. The summed E-state index contributed by atoms with van der Waals surface area (Å²) in [6.07, 6.45) is 3.89. The number of nitrogens with one attached hydrogen (secondary N) is 1. The van der Waals surface area contributed by atoms with Gasteiger partial charge >= 0.3 is 0 Å². The molecular formula is C10H18N4S. The highest BCUT2D eigenvalue weighted by molar-refractivity contribution is 7.98. The summed E-state index contributed by atoms with van der Waals surface area (Å²) < 4.78 is 0. The van der Waals surface area contributed by atoms with Crippen LogP contribution < -0.4 is 10.2 Å². The van der Waals surface area contributed by atoms with Crippen molar-refractivity contribution in [1.82, 2.24) is 9.97 Å². The Balaban J connectivity index is 2.76. The maximum absolute atomic E-state index is 4.39. The molecule has 4 nitrogen and oxygen atoms in total. The topological polar surface area (TPSA) is 41.1 Å². The number of hydrogen-bond donors (Lipinski definition) is 1. The zero-order chi connectivity index (χ0) is 11.3. The van der Waals surface area contributed by atoms with E-state index in [-0.39, 0.29) is 0 Å². The maximum atomic E-state index is 4.39. The molecule has 0 aliphatic rings.